The molecule has 0 aliphatic carbocycles. The van der Waals surface area contributed by atoms with Crippen molar-refractivity contribution in [1.82, 2.24) is 4.90 Å². The molecule has 0 bridgehead atoms. The number of benzene rings is 1. The number of carbonyl (C=O) groups is 2. The Morgan fingerprint density at radius 1 is 1.19 bits per heavy atom. The summed E-state index contributed by atoms with van der Waals surface area (Å²) in [4.78, 5) is 25.7. The van der Waals surface area contributed by atoms with Crippen LogP contribution in [0.4, 0.5) is 13.2 Å². The van der Waals surface area contributed by atoms with Crippen LogP contribution >= 0.6 is 0 Å². The van der Waals surface area contributed by atoms with Gasteiger partial charge in [0.1, 0.15) is 5.76 Å². The van der Waals surface area contributed by atoms with Crippen molar-refractivity contribution in [3.8, 4) is 11.3 Å². The van der Waals surface area contributed by atoms with Crippen LogP contribution in [0.1, 0.15) is 35.9 Å². The number of furan rings is 1. The van der Waals surface area contributed by atoms with Crippen molar-refractivity contribution >= 4 is 11.8 Å². The third-order valence-corrected chi connectivity index (χ3v) is 4.84. The van der Waals surface area contributed by atoms with Gasteiger partial charge >= 0.3 is 6.18 Å². The van der Waals surface area contributed by atoms with Gasteiger partial charge in [0.05, 0.1) is 11.5 Å². The minimum absolute atomic E-state index is 0.0133. The van der Waals surface area contributed by atoms with Crippen molar-refractivity contribution in [1.29, 1.82) is 0 Å². The Labute approximate surface area is 153 Å². The number of primary amides is 1. The number of nitrogens with two attached hydrogens (primary N) is 1. The fourth-order valence-corrected chi connectivity index (χ4v) is 3.22. The maximum Gasteiger partial charge on any atom is 0.416 e. The van der Waals surface area contributed by atoms with E-state index in [2.05, 4.69) is 0 Å². The molecule has 0 unspecified atom stereocenters. The van der Waals surface area contributed by atoms with Gasteiger partial charge in [-0.15, -0.1) is 0 Å². The first-order chi connectivity index (χ1) is 12.7. The lowest BCUT2D eigenvalue weighted by Crippen LogP contribution is -2.48. The standard InChI is InChI=1S/C19H19F3N2O3/c1-11-5-6-13(17(23)25)10-24(11)18(26)16-8-7-15(27-16)12-3-2-4-14(9-12)19(20,21)22/h2-4,7-9,11,13H,5-6,10H2,1H3,(H2,23,25)/t11-,13+/m1/s1. The molecule has 0 spiro atoms. The summed E-state index contributed by atoms with van der Waals surface area (Å²) < 4.78 is 44.1. The van der Waals surface area contributed by atoms with Crippen LogP contribution < -0.4 is 5.73 Å². The topological polar surface area (TPSA) is 76.5 Å². The summed E-state index contributed by atoms with van der Waals surface area (Å²) in [6.45, 7) is 2.07. The molecule has 2 atom stereocenters. The van der Waals surface area contributed by atoms with Gasteiger partial charge in [-0.05, 0) is 44.0 Å². The van der Waals surface area contributed by atoms with Gasteiger partial charge < -0.3 is 15.1 Å². The average Bonchev–Trinajstić information content (AvgIpc) is 3.11. The summed E-state index contributed by atoms with van der Waals surface area (Å²) in [5.41, 5.74) is 4.78. The van der Waals surface area contributed by atoms with E-state index in [9.17, 15) is 22.8 Å². The molecule has 1 aliphatic rings. The SMILES string of the molecule is C[C@@H]1CC[C@H](C(N)=O)CN1C(=O)c1ccc(-c2cccc(C(F)(F)F)c2)o1. The number of hydrogen-bond donors (Lipinski definition) is 1. The molecule has 1 fully saturated rings. The van der Waals surface area contributed by atoms with E-state index in [0.29, 0.717) is 12.8 Å². The first-order valence-corrected chi connectivity index (χ1v) is 8.54. The van der Waals surface area contributed by atoms with Gasteiger partial charge in [0.2, 0.25) is 5.91 Å². The number of amides is 2. The molecular weight excluding hydrogens is 361 g/mol. The molecule has 2 N–H and O–H groups in total. The molecule has 2 aromatic rings. The fraction of sp³-hybridized carbons (Fsp3) is 0.368. The number of hydrogen-bond acceptors (Lipinski definition) is 3. The van der Waals surface area contributed by atoms with Crippen molar-refractivity contribution in [2.24, 2.45) is 11.7 Å². The number of alkyl halides is 3. The second-order valence-electron chi connectivity index (χ2n) is 6.73. The maximum atomic E-state index is 12.9. The molecule has 1 saturated heterocycles. The Bertz CT molecular complexity index is 860. The second-order valence-corrected chi connectivity index (χ2v) is 6.73. The number of likely N-dealkylation sites (tertiary alicyclic amines) is 1. The normalized spacial score (nSPS) is 20.5. The van der Waals surface area contributed by atoms with Gasteiger partial charge in [-0.25, -0.2) is 0 Å². The predicted octanol–water partition coefficient (Wildman–Crippen LogP) is 3.69. The third-order valence-electron chi connectivity index (χ3n) is 4.84. The minimum Gasteiger partial charge on any atom is -0.451 e. The van der Waals surface area contributed by atoms with Crippen molar-refractivity contribution in [2.75, 3.05) is 6.54 Å². The molecule has 27 heavy (non-hydrogen) atoms. The third kappa shape index (κ3) is 3.99. The first kappa shape index (κ1) is 19.0. The van der Waals surface area contributed by atoms with Crippen LogP contribution in [0.2, 0.25) is 0 Å². The molecule has 5 nitrogen and oxygen atoms in total. The van der Waals surface area contributed by atoms with E-state index in [-0.39, 0.29) is 29.7 Å². The molecule has 3 rings (SSSR count). The van der Waals surface area contributed by atoms with Gasteiger partial charge in [0.25, 0.3) is 5.91 Å². The zero-order valence-electron chi connectivity index (χ0n) is 14.6. The number of nitrogens with zero attached hydrogens (tertiary/aromatic N) is 1. The number of halogens is 3. The summed E-state index contributed by atoms with van der Waals surface area (Å²) in [6, 6.07) is 7.51. The zero-order chi connectivity index (χ0) is 19.8. The highest BCUT2D eigenvalue weighted by Crippen LogP contribution is 2.33. The van der Waals surface area contributed by atoms with Crippen LogP contribution in [0.25, 0.3) is 11.3 Å². The molecule has 1 aliphatic heterocycles. The minimum atomic E-state index is -4.46. The van der Waals surface area contributed by atoms with Crippen LogP contribution in [0.3, 0.4) is 0 Å². The fourth-order valence-electron chi connectivity index (χ4n) is 3.22. The molecule has 2 heterocycles. The predicted molar refractivity (Wildman–Crippen MR) is 91.6 cm³/mol. The smallest absolute Gasteiger partial charge is 0.416 e. The number of rotatable bonds is 3. The van der Waals surface area contributed by atoms with Crippen LogP contribution in [0, 0.1) is 5.92 Å². The van der Waals surface area contributed by atoms with Crippen molar-refractivity contribution in [3.05, 3.63) is 47.7 Å². The summed E-state index contributed by atoms with van der Waals surface area (Å²) in [7, 11) is 0. The number of carbonyl (C=O) groups excluding carboxylic acids is 2. The van der Waals surface area contributed by atoms with Crippen molar-refractivity contribution < 1.29 is 27.2 Å². The Hall–Kier alpha value is -2.77. The average molecular weight is 380 g/mol. The molecule has 0 radical (unpaired) electrons. The molecule has 144 valence electrons. The monoisotopic (exact) mass is 380 g/mol. The summed E-state index contributed by atoms with van der Waals surface area (Å²) in [5.74, 6) is -1.10. The summed E-state index contributed by atoms with van der Waals surface area (Å²) in [6.07, 6.45) is -3.21. The van der Waals surface area contributed by atoms with E-state index >= 15 is 0 Å². The highest BCUT2D eigenvalue weighted by Gasteiger charge is 2.34. The van der Waals surface area contributed by atoms with Gasteiger partial charge in [-0.1, -0.05) is 12.1 Å². The number of piperidine rings is 1. The van der Waals surface area contributed by atoms with Crippen LogP contribution in [0.5, 0.6) is 0 Å². The quantitative estimate of drug-likeness (QED) is 0.882. The molecular formula is C19H19F3N2O3. The zero-order valence-corrected chi connectivity index (χ0v) is 14.6. The molecule has 2 amide bonds. The first-order valence-electron chi connectivity index (χ1n) is 8.54. The van der Waals surface area contributed by atoms with E-state index in [1.54, 1.807) is 0 Å². The summed E-state index contributed by atoms with van der Waals surface area (Å²) >= 11 is 0. The van der Waals surface area contributed by atoms with Gasteiger partial charge in [0.15, 0.2) is 5.76 Å². The Kier molecular flexibility index (Phi) is 4.99. The highest BCUT2D eigenvalue weighted by molar-refractivity contribution is 5.93. The molecule has 0 saturated carbocycles. The van der Waals surface area contributed by atoms with Gasteiger partial charge in [-0.2, -0.15) is 13.2 Å². The van der Waals surface area contributed by atoms with Crippen molar-refractivity contribution in [3.63, 3.8) is 0 Å². The molecule has 8 heteroatoms. The highest BCUT2D eigenvalue weighted by atomic mass is 19.4. The van der Waals surface area contributed by atoms with E-state index in [1.807, 2.05) is 6.92 Å². The lowest BCUT2D eigenvalue weighted by atomic mass is 9.93. The van der Waals surface area contributed by atoms with Crippen LogP contribution in [-0.4, -0.2) is 29.3 Å². The summed E-state index contributed by atoms with van der Waals surface area (Å²) in [5, 5.41) is 0. The molecule has 1 aromatic carbocycles. The lowest BCUT2D eigenvalue weighted by Gasteiger charge is -2.36. The lowest BCUT2D eigenvalue weighted by molar-refractivity contribution is -0.137. The largest absolute Gasteiger partial charge is 0.451 e. The second kappa shape index (κ2) is 7.09. The van der Waals surface area contributed by atoms with E-state index in [4.69, 9.17) is 10.2 Å². The Balaban J connectivity index is 1.83. The van der Waals surface area contributed by atoms with Gasteiger partial charge in [-0.3, -0.25) is 9.59 Å². The van der Waals surface area contributed by atoms with Crippen LogP contribution in [-0.2, 0) is 11.0 Å². The Morgan fingerprint density at radius 3 is 2.59 bits per heavy atom. The van der Waals surface area contributed by atoms with E-state index in [0.717, 1.165) is 12.1 Å². The van der Waals surface area contributed by atoms with Crippen molar-refractivity contribution in [2.45, 2.75) is 32.0 Å². The van der Waals surface area contributed by atoms with E-state index < -0.39 is 29.5 Å². The molecule has 1 aromatic heterocycles. The van der Waals surface area contributed by atoms with Gasteiger partial charge in [0, 0.05) is 18.2 Å². The Morgan fingerprint density at radius 2 is 1.93 bits per heavy atom. The maximum absolute atomic E-state index is 12.9. The van der Waals surface area contributed by atoms with Crippen LogP contribution in [0.15, 0.2) is 40.8 Å². The van der Waals surface area contributed by atoms with E-state index in [1.165, 1.54) is 29.2 Å².